The maximum Gasteiger partial charge on any atom is 0.240 e. The van der Waals surface area contributed by atoms with Crippen molar-refractivity contribution < 1.29 is 9.53 Å². The maximum atomic E-state index is 12.3. The quantitative estimate of drug-likeness (QED) is 0.838. The van der Waals surface area contributed by atoms with Crippen LogP contribution in [0.25, 0.3) is 0 Å². The second kappa shape index (κ2) is 5.39. The SMILES string of the molecule is CCO[C@H]1C[C@@H](N(C)C(=O)[C@H]2CSCN2)C1(C)C. The summed E-state index contributed by atoms with van der Waals surface area (Å²) in [5.41, 5.74) is 0.0617. The molecule has 2 rings (SSSR count). The predicted molar refractivity (Wildman–Crippen MR) is 74.6 cm³/mol. The Morgan fingerprint density at radius 3 is 2.78 bits per heavy atom. The Bertz CT molecular complexity index is 316. The van der Waals surface area contributed by atoms with Gasteiger partial charge in [-0.05, 0) is 13.3 Å². The Balaban J connectivity index is 1.94. The molecule has 2 aliphatic rings. The van der Waals surface area contributed by atoms with Crippen LogP contribution in [-0.2, 0) is 9.53 Å². The van der Waals surface area contributed by atoms with Crippen molar-refractivity contribution in [3.63, 3.8) is 0 Å². The first-order valence-corrected chi connectivity index (χ1v) is 7.83. The highest BCUT2D eigenvalue weighted by atomic mass is 32.2. The van der Waals surface area contributed by atoms with Crippen molar-refractivity contribution in [3.8, 4) is 0 Å². The number of nitrogens with one attached hydrogen (secondary N) is 1. The molecule has 1 aliphatic carbocycles. The van der Waals surface area contributed by atoms with Gasteiger partial charge in [0.1, 0.15) is 0 Å². The fraction of sp³-hybridized carbons (Fsp3) is 0.923. The average Bonchev–Trinajstić information content (AvgIpc) is 2.86. The van der Waals surface area contributed by atoms with Gasteiger partial charge in [0.25, 0.3) is 0 Å². The fourth-order valence-electron chi connectivity index (χ4n) is 2.96. The molecule has 1 aliphatic heterocycles. The molecule has 1 saturated carbocycles. The van der Waals surface area contributed by atoms with Gasteiger partial charge in [-0.1, -0.05) is 13.8 Å². The van der Waals surface area contributed by atoms with E-state index in [1.807, 2.05) is 18.9 Å². The van der Waals surface area contributed by atoms with Crippen molar-refractivity contribution in [2.45, 2.75) is 45.4 Å². The summed E-state index contributed by atoms with van der Waals surface area (Å²) in [5.74, 6) is 2.01. The molecular weight excluding hydrogens is 248 g/mol. The summed E-state index contributed by atoms with van der Waals surface area (Å²) in [6.45, 7) is 7.17. The topological polar surface area (TPSA) is 41.6 Å². The Morgan fingerprint density at radius 1 is 1.56 bits per heavy atom. The standard InChI is InChI=1S/C13H24N2O2S/c1-5-17-11-6-10(13(11,2)3)15(4)12(16)9-7-18-8-14-9/h9-11,14H,5-8H2,1-4H3/t9-,10-,11+/m1/s1. The van der Waals surface area contributed by atoms with Crippen LogP contribution in [0, 0.1) is 5.41 Å². The van der Waals surface area contributed by atoms with Crippen molar-refractivity contribution in [3.05, 3.63) is 0 Å². The third-order valence-electron chi connectivity index (χ3n) is 4.32. The minimum atomic E-state index is 0.00180. The number of thioether (sulfide) groups is 1. The first-order valence-electron chi connectivity index (χ1n) is 6.67. The van der Waals surface area contributed by atoms with Crippen molar-refractivity contribution in [1.29, 1.82) is 0 Å². The minimum absolute atomic E-state index is 0.00180. The third kappa shape index (κ3) is 2.40. The number of rotatable bonds is 4. The van der Waals surface area contributed by atoms with Crippen LogP contribution in [0.4, 0.5) is 0 Å². The first-order chi connectivity index (χ1) is 8.48. The molecule has 1 amide bonds. The lowest BCUT2D eigenvalue weighted by Gasteiger charge is -2.55. The van der Waals surface area contributed by atoms with Crippen LogP contribution in [0.1, 0.15) is 27.2 Å². The maximum absolute atomic E-state index is 12.3. The molecule has 5 heteroatoms. The first kappa shape index (κ1) is 14.2. The van der Waals surface area contributed by atoms with Gasteiger partial charge >= 0.3 is 0 Å². The van der Waals surface area contributed by atoms with Crippen molar-refractivity contribution in [2.24, 2.45) is 5.41 Å². The number of carbonyl (C=O) groups excluding carboxylic acids is 1. The van der Waals surface area contributed by atoms with Gasteiger partial charge in [-0.15, -0.1) is 11.8 Å². The molecule has 1 saturated heterocycles. The van der Waals surface area contributed by atoms with E-state index in [9.17, 15) is 4.79 Å². The highest BCUT2D eigenvalue weighted by Gasteiger charge is 2.52. The minimum Gasteiger partial charge on any atom is -0.378 e. The van der Waals surface area contributed by atoms with Crippen LogP contribution in [0.15, 0.2) is 0 Å². The lowest BCUT2D eigenvalue weighted by molar-refractivity contribution is -0.164. The molecule has 0 aromatic rings. The molecule has 0 aromatic heterocycles. The molecule has 1 heterocycles. The number of likely N-dealkylation sites (N-methyl/N-ethyl adjacent to an activating group) is 1. The normalized spacial score (nSPS) is 34.1. The van der Waals surface area contributed by atoms with Crippen LogP contribution in [0.2, 0.25) is 0 Å². The number of amides is 1. The van der Waals surface area contributed by atoms with Gasteiger partial charge in [0, 0.05) is 36.7 Å². The zero-order valence-corrected chi connectivity index (χ0v) is 12.5. The molecule has 2 fully saturated rings. The summed E-state index contributed by atoms with van der Waals surface area (Å²) < 4.78 is 5.72. The van der Waals surface area contributed by atoms with Gasteiger partial charge in [0.05, 0.1) is 12.1 Å². The van der Waals surface area contributed by atoms with Crippen molar-refractivity contribution in [1.82, 2.24) is 10.2 Å². The largest absolute Gasteiger partial charge is 0.378 e. The molecule has 104 valence electrons. The Kier molecular flexibility index (Phi) is 4.24. The van der Waals surface area contributed by atoms with Crippen LogP contribution >= 0.6 is 11.8 Å². The van der Waals surface area contributed by atoms with Crippen LogP contribution in [0.5, 0.6) is 0 Å². The van der Waals surface area contributed by atoms with E-state index in [2.05, 4.69) is 19.2 Å². The Hall–Kier alpha value is -0.260. The van der Waals surface area contributed by atoms with E-state index in [0.29, 0.717) is 6.04 Å². The van der Waals surface area contributed by atoms with E-state index in [0.717, 1.165) is 24.7 Å². The smallest absolute Gasteiger partial charge is 0.240 e. The Morgan fingerprint density at radius 2 is 2.28 bits per heavy atom. The summed E-state index contributed by atoms with van der Waals surface area (Å²) in [6, 6.07) is 0.302. The van der Waals surface area contributed by atoms with Crippen LogP contribution in [0.3, 0.4) is 0 Å². The highest BCUT2D eigenvalue weighted by molar-refractivity contribution is 7.99. The molecule has 0 bridgehead atoms. The lowest BCUT2D eigenvalue weighted by Crippen LogP contribution is -2.64. The van der Waals surface area contributed by atoms with Gasteiger partial charge in [-0.25, -0.2) is 0 Å². The molecular formula is C13H24N2O2S. The summed E-state index contributed by atoms with van der Waals surface area (Å²) in [4.78, 5) is 14.3. The second-order valence-electron chi connectivity index (χ2n) is 5.74. The molecule has 0 radical (unpaired) electrons. The molecule has 0 spiro atoms. The van der Waals surface area contributed by atoms with Gasteiger partial charge in [-0.2, -0.15) is 0 Å². The number of nitrogens with zero attached hydrogens (tertiary/aromatic N) is 1. The number of ether oxygens (including phenoxy) is 1. The van der Waals surface area contributed by atoms with E-state index in [1.54, 1.807) is 11.8 Å². The molecule has 18 heavy (non-hydrogen) atoms. The number of carbonyl (C=O) groups is 1. The summed E-state index contributed by atoms with van der Waals surface area (Å²) in [5, 5.41) is 3.24. The number of hydrogen-bond donors (Lipinski definition) is 1. The monoisotopic (exact) mass is 272 g/mol. The van der Waals surface area contributed by atoms with E-state index in [-0.39, 0.29) is 23.5 Å². The van der Waals surface area contributed by atoms with E-state index in [1.165, 1.54) is 0 Å². The molecule has 0 unspecified atom stereocenters. The Labute approximate surface area is 114 Å². The summed E-state index contributed by atoms with van der Waals surface area (Å²) >= 11 is 1.79. The summed E-state index contributed by atoms with van der Waals surface area (Å²) in [7, 11) is 1.93. The van der Waals surface area contributed by atoms with Gasteiger partial charge in [-0.3, -0.25) is 10.1 Å². The highest BCUT2D eigenvalue weighted by Crippen LogP contribution is 2.45. The lowest BCUT2D eigenvalue weighted by atomic mass is 9.63. The molecule has 0 aromatic carbocycles. The van der Waals surface area contributed by atoms with Gasteiger partial charge in [0.15, 0.2) is 0 Å². The van der Waals surface area contributed by atoms with Gasteiger partial charge < -0.3 is 9.64 Å². The zero-order chi connectivity index (χ0) is 13.3. The summed E-state index contributed by atoms with van der Waals surface area (Å²) in [6.07, 6.45) is 1.25. The third-order valence-corrected chi connectivity index (χ3v) is 5.26. The fourth-order valence-corrected chi connectivity index (χ4v) is 3.89. The van der Waals surface area contributed by atoms with E-state index >= 15 is 0 Å². The molecule has 3 atom stereocenters. The van der Waals surface area contributed by atoms with Gasteiger partial charge in [0.2, 0.25) is 5.91 Å². The molecule has 4 nitrogen and oxygen atoms in total. The van der Waals surface area contributed by atoms with Crippen molar-refractivity contribution in [2.75, 3.05) is 25.3 Å². The van der Waals surface area contributed by atoms with Crippen LogP contribution < -0.4 is 5.32 Å². The van der Waals surface area contributed by atoms with Crippen molar-refractivity contribution >= 4 is 17.7 Å². The van der Waals surface area contributed by atoms with E-state index in [4.69, 9.17) is 4.74 Å². The zero-order valence-electron chi connectivity index (χ0n) is 11.7. The molecule has 1 N–H and O–H groups in total. The van der Waals surface area contributed by atoms with E-state index < -0.39 is 0 Å². The van der Waals surface area contributed by atoms with Crippen LogP contribution in [-0.4, -0.2) is 54.3 Å². The second-order valence-corrected chi connectivity index (χ2v) is 6.77. The predicted octanol–water partition coefficient (Wildman–Crippen LogP) is 1.31. The number of hydrogen-bond acceptors (Lipinski definition) is 4. The average molecular weight is 272 g/mol.